The lowest BCUT2D eigenvalue weighted by Gasteiger charge is -2.60. The number of nitrogens with two attached hydrogens (primary N) is 1. The molecule has 2 bridgehead atoms. The second kappa shape index (κ2) is 3.89. The fraction of sp³-hybridized carbons (Fsp3) is 0.909. The van der Waals surface area contributed by atoms with Crippen molar-refractivity contribution in [2.75, 3.05) is 26.3 Å². The third-order valence-electron chi connectivity index (χ3n) is 4.13. The van der Waals surface area contributed by atoms with Gasteiger partial charge in [0.05, 0.1) is 24.3 Å². The summed E-state index contributed by atoms with van der Waals surface area (Å²) in [6.45, 7) is 6.88. The summed E-state index contributed by atoms with van der Waals surface area (Å²) in [5, 5.41) is 3.43. The fourth-order valence-electron chi connectivity index (χ4n) is 3.09. The molecule has 2 fully saturated rings. The molecule has 92 valence electrons. The van der Waals surface area contributed by atoms with Gasteiger partial charge in [-0.05, 0) is 12.8 Å². The van der Waals surface area contributed by atoms with E-state index in [2.05, 4.69) is 19.2 Å². The van der Waals surface area contributed by atoms with Gasteiger partial charge in [-0.15, -0.1) is 0 Å². The first-order valence-electron chi connectivity index (χ1n) is 5.98. The molecule has 2 atom stereocenters. The van der Waals surface area contributed by atoms with Gasteiger partial charge in [0.2, 0.25) is 0 Å². The van der Waals surface area contributed by atoms with E-state index in [1.165, 1.54) is 0 Å². The van der Waals surface area contributed by atoms with E-state index >= 15 is 0 Å². The van der Waals surface area contributed by atoms with Gasteiger partial charge in [0.25, 0.3) is 0 Å². The van der Waals surface area contributed by atoms with Crippen molar-refractivity contribution in [2.24, 2.45) is 5.73 Å². The second-order valence-corrected chi connectivity index (χ2v) is 4.93. The Hall–Kier alpha value is -0.810. The Balaban J connectivity index is 2.41. The number of fused-ring (bicyclic) bond motifs is 2. The molecule has 0 aromatic heterocycles. The number of urea groups is 1. The monoisotopic (exact) mass is 227 g/mol. The summed E-state index contributed by atoms with van der Waals surface area (Å²) in [6, 6.07) is -0.312. The van der Waals surface area contributed by atoms with Crippen molar-refractivity contribution in [1.82, 2.24) is 10.2 Å². The van der Waals surface area contributed by atoms with Crippen molar-refractivity contribution in [1.29, 1.82) is 0 Å². The lowest BCUT2D eigenvalue weighted by Crippen LogP contribution is -2.79. The predicted molar refractivity (Wildman–Crippen MR) is 61.2 cm³/mol. The first kappa shape index (κ1) is 11.7. The number of piperazine rings is 1. The highest BCUT2D eigenvalue weighted by molar-refractivity contribution is 5.74. The molecule has 5 heteroatoms. The second-order valence-electron chi connectivity index (χ2n) is 4.93. The van der Waals surface area contributed by atoms with Crippen LogP contribution in [0.2, 0.25) is 0 Å². The largest absolute Gasteiger partial charge is 0.376 e. The van der Waals surface area contributed by atoms with E-state index in [1.807, 2.05) is 4.90 Å². The molecule has 0 aliphatic carbocycles. The van der Waals surface area contributed by atoms with Crippen LogP contribution in [0.25, 0.3) is 0 Å². The summed E-state index contributed by atoms with van der Waals surface area (Å²) in [7, 11) is 0. The summed E-state index contributed by atoms with van der Waals surface area (Å²) in [5.41, 5.74) is 5.08. The van der Waals surface area contributed by atoms with Gasteiger partial charge in [-0.3, -0.25) is 0 Å². The minimum Gasteiger partial charge on any atom is -0.376 e. The highest BCUT2D eigenvalue weighted by Crippen LogP contribution is 2.37. The molecule has 3 N–H and O–H groups in total. The van der Waals surface area contributed by atoms with E-state index in [0.717, 1.165) is 25.9 Å². The zero-order chi connectivity index (χ0) is 11.8. The maximum atomic E-state index is 11.8. The van der Waals surface area contributed by atoms with Crippen LogP contribution < -0.4 is 11.1 Å². The van der Waals surface area contributed by atoms with Crippen molar-refractivity contribution in [3.05, 3.63) is 0 Å². The number of nitrogens with zero attached hydrogens (tertiary/aromatic N) is 1. The molecule has 5 nitrogen and oxygen atoms in total. The molecule has 2 saturated heterocycles. The zero-order valence-electron chi connectivity index (χ0n) is 10.1. The van der Waals surface area contributed by atoms with Gasteiger partial charge in [-0.25, -0.2) is 4.79 Å². The molecule has 0 aromatic carbocycles. The molecule has 2 aliphatic heterocycles. The summed E-state index contributed by atoms with van der Waals surface area (Å²) >= 11 is 0. The smallest absolute Gasteiger partial charge is 0.315 e. The number of carbonyl (C=O) groups is 1. The van der Waals surface area contributed by atoms with Crippen LogP contribution in [0.1, 0.15) is 26.7 Å². The van der Waals surface area contributed by atoms with Crippen LogP contribution in [0, 0.1) is 0 Å². The highest BCUT2D eigenvalue weighted by Gasteiger charge is 2.55. The first-order valence-corrected chi connectivity index (χ1v) is 5.98. The molecular weight excluding hydrogens is 206 g/mol. The number of nitrogens with one attached hydrogen (secondary N) is 1. The van der Waals surface area contributed by atoms with Gasteiger partial charge in [-0.2, -0.15) is 0 Å². The van der Waals surface area contributed by atoms with Crippen molar-refractivity contribution in [3.63, 3.8) is 0 Å². The number of morpholine rings is 1. The maximum Gasteiger partial charge on any atom is 0.315 e. The Kier molecular flexibility index (Phi) is 2.84. The number of hydrogen-bond donors (Lipinski definition) is 2. The Bertz CT molecular complexity index is 263. The quantitative estimate of drug-likeness (QED) is 0.713. The molecule has 2 aliphatic rings. The average Bonchev–Trinajstić information content (AvgIpc) is 2.27. The highest BCUT2D eigenvalue weighted by atomic mass is 16.5. The predicted octanol–water partition coefficient (Wildman–Crippen LogP) is 0.298. The molecule has 0 spiro atoms. The summed E-state index contributed by atoms with van der Waals surface area (Å²) in [5.74, 6) is 0. The van der Waals surface area contributed by atoms with Crippen LogP contribution in [-0.4, -0.2) is 48.3 Å². The molecule has 2 amide bonds. The van der Waals surface area contributed by atoms with Crippen molar-refractivity contribution in [3.8, 4) is 0 Å². The molecule has 2 heterocycles. The molecule has 0 radical (unpaired) electrons. The van der Waals surface area contributed by atoms with Crippen molar-refractivity contribution < 1.29 is 9.53 Å². The van der Waals surface area contributed by atoms with Gasteiger partial charge in [0, 0.05) is 13.1 Å². The Labute approximate surface area is 96.3 Å². The SMILES string of the molecule is CCC12CNCC(CC)(COC1)N2C(N)=O. The number of ether oxygens (including phenoxy) is 1. The topological polar surface area (TPSA) is 67.6 Å². The lowest BCUT2D eigenvalue weighted by atomic mass is 9.80. The standard InChI is InChI=1S/C11H21N3O2/c1-3-10-5-13-6-11(4-2,8-16-7-10)14(10)9(12)15/h13H,3-8H2,1-2H3,(H2,12,15). The minimum absolute atomic E-state index is 0.252. The normalized spacial score (nSPS) is 38.5. The summed E-state index contributed by atoms with van der Waals surface area (Å²) in [6.07, 6.45) is 1.73. The fourth-order valence-corrected chi connectivity index (χ4v) is 3.09. The number of amides is 2. The molecule has 0 saturated carbocycles. The van der Waals surface area contributed by atoms with Crippen molar-refractivity contribution >= 4 is 6.03 Å². The number of rotatable bonds is 2. The van der Waals surface area contributed by atoms with Gasteiger partial charge in [0.15, 0.2) is 0 Å². The van der Waals surface area contributed by atoms with Gasteiger partial charge < -0.3 is 20.7 Å². The molecule has 16 heavy (non-hydrogen) atoms. The Morgan fingerprint density at radius 1 is 1.31 bits per heavy atom. The molecule has 0 aromatic rings. The van der Waals surface area contributed by atoms with Crippen LogP contribution in [0.5, 0.6) is 0 Å². The van der Waals surface area contributed by atoms with E-state index in [0.29, 0.717) is 13.2 Å². The third kappa shape index (κ3) is 1.42. The third-order valence-corrected chi connectivity index (χ3v) is 4.13. The maximum absolute atomic E-state index is 11.8. The zero-order valence-corrected chi connectivity index (χ0v) is 10.1. The van der Waals surface area contributed by atoms with Gasteiger partial charge in [0.1, 0.15) is 0 Å². The minimum atomic E-state index is -0.312. The van der Waals surface area contributed by atoms with Gasteiger partial charge in [-0.1, -0.05) is 13.8 Å². The van der Waals surface area contributed by atoms with E-state index < -0.39 is 0 Å². The molecule has 2 unspecified atom stereocenters. The van der Waals surface area contributed by atoms with Gasteiger partial charge >= 0.3 is 6.03 Å². The van der Waals surface area contributed by atoms with Crippen LogP contribution in [-0.2, 0) is 4.74 Å². The lowest BCUT2D eigenvalue weighted by molar-refractivity contribution is -0.145. The van der Waals surface area contributed by atoms with E-state index in [1.54, 1.807) is 0 Å². The summed E-state index contributed by atoms with van der Waals surface area (Å²) in [4.78, 5) is 13.6. The molecular formula is C11H21N3O2. The average molecular weight is 227 g/mol. The van der Waals surface area contributed by atoms with Crippen LogP contribution in [0.4, 0.5) is 4.79 Å². The van der Waals surface area contributed by atoms with Crippen LogP contribution in [0.3, 0.4) is 0 Å². The number of carbonyl (C=O) groups excluding carboxylic acids is 1. The van der Waals surface area contributed by atoms with Crippen molar-refractivity contribution in [2.45, 2.75) is 37.8 Å². The van der Waals surface area contributed by atoms with E-state index in [4.69, 9.17) is 10.5 Å². The first-order chi connectivity index (χ1) is 7.60. The number of primary amides is 1. The molecule has 2 rings (SSSR count). The summed E-state index contributed by atoms with van der Waals surface area (Å²) < 4.78 is 5.72. The Morgan fingerprint density at radius 3 is 2.19 bits per heavy atom. The van der Waals surface area contributed by atoms with E-state index in [-0.39, 0.29) is 17.1 Å². The van der Waals surface area contributed by atoms with Crippen LogP contribution >= 0.6 is 0 Å². The van der Waals surface area contributed by atoms with E-state index in [9.17, 15) is 4.79 Å². The Morgan fingerprint density at radius 2 is 1.81 bits per heavy atom. The number of hydrogen-bond acceptors (Lipinski definition) is 3. The van der Waals surface area contributed by atoms with Crippen LogP contribution in [0.15, 0.2) is 0 Å².